The van der Waals surface area contributed by atoms with E-state index in [2.05, 4.69) is 10.2 Å². The highest BCUT2D eigenvalue weighted by molar-refractivity contribution is 6.23. The number of carbonyl (C=O) groups excluding carboxylic acids is 2. The van der Waals surface area contributed by atoms with Crippen LogP contribution in [0.15, 0.2) is 12.3 Å². The van der Waals surface area contributed by atoms with Crippen LogP contribution in [-0.2, 0) is 0 Å². The average Bonchev–Trinajstić information content (AvgIpc) is 2.30. The molecule has 4 heteroatoms. The summed E-state index contributed by atoms with van der Waals surface area (Å²) >= 11 is 0. The van der Waals surface area contributed by atoms with E-state index in [0.29, 0.717) is 5.56 Å². The minimum Gasteiger partial charge on any atom is -0.294 e. The molecule has 0 fully saturated rings. The number of carbonyl (C=O) groups is 2. The lowest BCUT2D eigenvalue weighted by atomic mass is 10.2. The second-order valence-electron chi connectivity index (χ2n) is 2.32. The molecule has 0 aliphatic heterocycles. The maximum atomic E-state index is 11.0. The van der Waals surface area contributed by atoms with Gasteiger partial charge in [0, 0.05) is 0 Å². The third-order valence-electron chi connectivity index (χ3n) is 1.61. The van der Waals surface area contributed by atoms with Gasteiger partial charge in [-0.15, -0.1) is 5.10 Å². The quantitative estimate of drug-likeness (QED) is 0.494. The summed E-state index contributed by atoms with van der Waals surface area (Å²) in [6, 6.07) is 1.52. The van der Waals surface area contributed by atoms with Gasteiger partial charge in [0.1, 0.15) is 5.69 Å². The fourth-order valence-corrected chi connectivity index (χ4v) is 1.09. The first-order valence-corrected chi connectivity index (χ1v) is 3.17. The Labute approximate surface area is 62.3 Å². The van der Waals surface area contributed by atoms with Crippen molar-refractivity contribution in [3.8, 4) is 0 Å². The van der Waals surface area contributed by atoms with Crippen LogP contribution in [0.5, 0.6) is 0 Å². The minimum atomic E-state index is -0.224. The SMILES string of the molecule is O=C1CC(=O)c2nnccc21. The maximum Gasteiger partial charge on any atom is 0.191 e. The molecule has 4 nitrogen and oxygen atoms in total. The zero-order valence-corrected chi connectivity index (χ0v) is 5.57. The van der Waals surface area contributed by atoms with Gasteiger partial charge in [-0.3, -0.25) is 9.59 Å². The fourth-order valence-electron chi connectivity index (χ4n) is 1.09. The standard InChI is InChI=1S/C7H4N2O2/c10-5-3-6(11)7-4(5)1-2-8-9-7/h1-2H,3H2. The summed E-state index contributed by atoms with van der Waals surface area (Å²) in [5, 5.41) is 7.09. The Morgan fingerprint density at radius 1 is 1.27 bits per heavy atom. The van der Waals surface area contributed by atoms with Crippen molar-refractivity contribution < 1.29 is 9.59 Å². The molecule has 0 aromatic carbocycles. The van der Waals surface area contributed by atoms with Crippen molar-refractivity contribution in [2.75, 3.05) is 0 Å². The Morgan fingerprint density at radius 2 is 2.09 bits per heavy atom. The van der Waals surface area contributed by atoms with Gasteiger partial charge in [-0.05, 0) is 6.07 Å². The van der Waals surface area contributed by atoms with E-state index < -0.39 is 0 Å². The van der Waals surface area contributed by atoms with Crippen molar-refractivity contribution in [2.45, 2.75) is 6.42 Å². The Bertz CT molecular complexity index is 313. The summed E-state index contributed by atoms with van der Waals surface area (Å²) in [5.41, 5.74) is 0.627. The number of hydrogen-bond acceptors (Lipinski definition) is 4. The van der Waals surface area contributed by atoms with Gasteiger partial charge in [0.2, 0.25) is 0 Å². The number of hydrogen-bond donors (Lipinski definition) is 0. The van der Waals surface area contributed by atoms with E-state index in [1.807, 2.05) is 0 Å². The molecule has 0 saturated carbocycles. The van der Waals surface area contributed by atoms with Gasteiger partial charge < -0.3 is 0 Å². The average molecular weight is 148 g/mol. The Balaban J connectivity index is 2.69. The van der Waals surface area contributed by atoms with Crippen LogP contribution in [0.25, 0.3) is 0 Å². The maximum absolute atomic E-state index is 11.0. The van der Waals surface area contributed by atoms with Gasteiger partial charge in [-0.2, -0.15) is 5.10 Å². The van der Waals surface area contributed by atoms with Gasteiger partial charge in [0.15, 0.2) is 11.6 Å². The molecule has 1 aliphatic rings. The molecule has 0 radical (unpaired) electrons. The molecule has 54 valence electrons. The summed E-state index contributed by atoms with van der Waals surface area (Å²) in [6.07, 6.45) is 1.36. The first-order chi connectivity index (χ1) is 5.29. The first kappa shape index (κ1) is 6.15. The normalized spacial score (nSPS) is 15.3. The number of rotatable bonds is 0. The van der Waals surface area contributed by atoms with E-state index in [4.69, 9.17) is 0 Å². The molecule has 2 rings (SSSR count). The summed E-state index contributed by atoms with van der Waals surface area (Å²) in [7, 11) is 0. The number of aromatic nitrogens is 2. The molecular formula is C7H4N2O2. The molecule has 1 heterocycles. The predicted octanol–water partition coefficient (Wildman–Crippen LogP) is 0.246. The van der Waals surface area contributed by atoms with Crippen LogP contribution < -0.4 is 0 Å². The van der Waals surface area contributed by atoms with Crippen LogP contribution in [0.4, 0.5) is 0 Å². The highest BCUT2D eigenvalue weighted by atomic mass is 16.2. The lowest BCUT2D eigenvalue weighted by Gasteiger charge is -1.88. The largest absolute Gasteiger partial charge is 0.294 e. The fraction of sp³-hybridized carbons (Fsp3) is 0.143. The van der Waals surface area contributed by atoms with Crippen LogP contribution in [0.1, 0.15) is 27.3 Å². The van der Waals surface area contributed by atoms with Gasteiger partial charge in [-0.25, -0.2) is 0 Å². The molecule has 1 aliphatic carbocycles. The zero-order valence-electron chi connectivity index (χ0n) is 5.57. The lowest BCUT2D eigenvalue weighted by Crippen LogP contribution is -1.96. The number of Topliss-reactive ketones (excluding diaryl/α,β-unsaturated/α-hetero) is 2. The molecular weight excluding hydrogens is 144 g/mol. The summed E-state index contributed by atoms with van der Waals surface area (Å²) in [5.74, 6) is -0.377. The molecule has 0 bridgehead atoms. The molecule has 0 spiro atoms. The molecule has 0 saturated heterocycles. The molecule has 0 atom stereocenters. The molecule has 0 unspecified atom stereocenters. The number of ketones is 2. The van der Waals surface area contributed by atoms with Gasteiger partial charge >= 0.3 is 0 Å². The Hall–Kier alpha value is -1.58. The van der Waals surface area contributed by atoms with Crippen molar-refractivity contribution in [1.82, 2.24) is 10.2 Å². The minimum absolute atomic E-state index is 0.0476. The van der Waals surface area contributed by atoms with Crippen molar-refractivity contribution in [3.05, 3.63) is 23.5 Å². The Kier molecular flexibility index (Phi) is 1.09. The van der Waals surface area contributed by atoms with Crippen molar-refractivity contribution in [2.24, 2.45) is 0 Å². The van der Waals surface area contributed by atoms with E-state index in [9.17, 15) is 9.59 Å². The van der Waals surface area contributed by atoms with Gasteiger partial charge in [0.25, 0.3) is 0 Å². The number of nitrogens with zero attached hydrogens (tertiary/aromatic N) is 2. The van der Waals surface area contributed by atoms with Gasteiger partial charge in [-0.1, -0.05) is 0 Å². The topological polar surface area (TPSA) is 59.9 Å². The second-order valence-corrected chi connectivity index (χ2v) is 2.32. The van der Waals surface area contributed by atoms with Crippen LogP contribution in [0.3, 0.4) is 0 Å². The van der Waals surface area contributed by atoms with Crippen LogP contribution in [-0.4, -0.2) is 21.8 Å². The summed E-state index contributed by atoms with van der Waals surface area (Å²) in [4.78, 5) is 21.9. The molecule has 1 aromatic heterocycles. The third kappa shape index (κ3) is 0.756. The first-order valence-electron chi connectivity index (χ1n) is 3.17. The van der Waals surface area contributed by atoms with Gasteiger partial charge in [0.05, 0.1) is 18.2 Å². The molecule has 0 amide bonds. The molecule has 1 aromatic rings. The monoisotopic (exact) mass is 148 g/mol. The van der Waals surface area contributed by atoms with Crippen molar-refractivity contribution >= 4 is 11.6 Å². The smallest absolute Gasteiger partial charge is 0.191 e. The predicted molar refractivity (Wildman–Crippen MR) is 35.3 cm³/mol. The van der Waals surface area contributed by atoms with E-state index in [-0.39, 0.29) is 23.7 Å². The van der Waals surface area contributed by atoms with E-state index >= 15 is 0 Å². The van der Waals surface area contributed by atoms with Crippen LogP contribution >= 0.6 is 0 Å². The summed E-state index contributed by atoms with van der Waals surface area (Å²) < 4.78 is 0. The summed E-state index contributed by atoms with van der Waals surface area (Å²) in [6.45, 7) is 0. The highest BCUT2D eigenvalue weighted by Gasteiger charge is 2.28. The third-order valence-corrected chi connectivity index (χ3v) is 1.61. The number of fused-ring (bicyclic) bond motifs is 1. The lowest BCUT2D eigenvalue weighted by molar-refractivity contribution is 0.0921. The Morgan fingerprint density at radius 3 is 2.82 bits per heavy atom. The molecule has 11 heavy (non-hydrogen) atoms. The second kappa shape index (κ2) is 1.95. The van der Waals surface area contributed by atoms with E-state index in [1.165, 1.54) is 12.3 Å². The highest BCUT2D eigenvalue weighted by Crippen LogP contribution is 2.17. The molecule has 0 N–H and O–H groups in total. The van der Waals surface area contributed by atoms with E-state index in [1.54, 1.807) is 0 Å². The van der Waals surface area contributed by atoms with Crippen LogP contribution in [0, 0.1) is 0 Å². The van der Waals surface area contributed by atoms with Crippen LogP contribution in [0.2, 0.25) is 0 Å². The van der Waals surface area contributed by atoms with Crippen molar-refractivity contribution in [3.63, 3.8) is 0 Å². The zero-order chi connectivity index (χ0) is 7.84. The van der Waals surface area contributed by atoms with Crippen molar-refractivity contribution in [1.29, 1.82) is 0 Å². The van der Waals surface area contributed by atoms with E-state index in [0.717, 1.165) is 0 Å².